The minimum absolute atomic E-state index is 0.750. The van der Waals surface area contributed by atoms with Crippen molar-refractivity contribution in [3.05, 3.63) is 12.3 Å². The Bertz CT molecular complexity index is 84.6. The van der Waals surface area contributed by atoms with Gasteiger partial charge in [-0.05, 0) is 25.6 Å². The van der Waals surface area contributed by atoms with Crippen LogP contribution in [0.25, 0.3) is 0 Å². The molecule has 0 aromatic rings. The van der Waals surface area contributed by atoms with Crippen molar-refractivity contribution in [2.75, 3.05) is 6.54 Å². The van der Waals surface area contributed by atoms with Crippen LogP contribution in [0.5, 0.6) is 0 Å². The van der Waals surface area contributed by atoms with E-state index >= 15 is 0 Å². The van der Waals surface area contributed by atoms with Gasteiger partial charge in [0.15, 0.2) is 0 Å². The van der Waals surface area contributed by atoms with E-state index in [0.717, 1.165) is 12.6 Å². The van der Waals surface area contributed by atoms with Crippen LogP contribution in [0, 0.1) is 0 Å². The molecule has 1 heterocycles. The Balaban J connectivity index is 2.30. The molecule has 0 N–H and O–H groups in total. The third-order valence-electron chi connectivity index (χ3n) is 1.71. The molecule has 1 nitrogen and oxygen atoms in total. The van der Waals surface area contributed by atoms with E-state index in [0.29, 0.717) is 0 Å². The van der Waals surface area contributed by atoms with Crippen LogP contribution >= 0.6 is 0 Å². The predicted molar refractivity (Wildman–Crippen MR) is 35.6 cm³/mol. The van der Waals surface area contributed by atoms with E-state index in [4.69, 9.17) is 0 Å². The zero-order chi connectivity index (χ0) is 5.98. The average molecular weight is 111 g/mol. The Hall–Kier alpha value is -0.460. The quantitative estimate of drug-likeness (QED) is 0.523. The Kier molecular flexibility index (Phi) is 1.56. The average Bonchev–Trinajstić information content (AvgIpc) is 1.66. The van der Waals surface area contributed by atoms with Crippen LogP contribution in [0.15, 0.2) is 12.3 Å². The molecule has 0 saturated heterocycles. The van der Waals surface area contributed by atoms with Crippen LogP contribution in [-0.4, -0.2) is 17.5 Å². The second-order valence-electron chi connectivity index (χ2n) is 2.15. The molecule has 8 heavy (non-hydrogen) atoms. The lowest BCUT2D eigenvalue weighted by atomic mass is 10.1. The fraction of sp³-hybridized carbons (Fsp3) is 0.714. The van der Waals surface area contributed by atoms with Crippen molar-refractivity contribution in [1.82, 2.24) is 4.90 Å². The third-order valence-corrected chi connectivity index (χ3v) is 1.71. The summed E-state index contributed by atoms with van der Waals surface area (Å²) in [5, 5.41) is 0. The van der Waals surface area contributed by atoms with Gasteiger partial charge in [-0.2, -0.15) is 0 Å². The van der Waals surface area contributed by atoms with Crippen molar-refractivity contribution in [3.8, 4) is 0 Å². The molecule has 46 valence electrons. The lowest BCUT2D eigenvalue weighted by Gasteiger charge is -2.33. The van der Waals surface area contributed by atoms with Gasteiger partial charge < -0.3 is 4.90 Å². The summed E-state index contributed by atoms with van der Waals surface area (Å²) >= 11 is 0. The lowest BCUT2D eigenvalue weighted by Crippen LogP contribution is -2.35. The number of rotatable bonds is 2. The molecule has 1 heteroatoms. The minimum Gasteiger partial charge on any atom is -0.371 e. The van der Waals surface area contributed by atoms with Gasteiger partial charge in [0.1, 0.15) is 0 Å². The zero-order valence-electron chi connectivity index (χ0n) is 5.59. The van der Waals surface area contributed by atoms with Crippen LogP contribution in [0.3, 0.4) is 0 Å². The van der Waals surface area contributed by atoms with Crippen LogP contribution in [0.4, 0.5) is 0 Å². The van der Waals surface area contributed by atoms with Crippen molar-refractivity contribution in [3.63, 3.8) is 0 Å². The molecule has 0 aromatic carbocycles. The van der Waals surface area contributed by atoms with E-state index in [1.165, 1.54) is 6.42 Å². The maximum absolute atomic E-state index is 2.35. The summed E-state index contributed by atoms with van der Waals surface area (Å²) in [4.78, 5) is 2.35. The Labute approximate surface area is 51.0 Å². The Morgan fingerprint density at radius 3 is 2.38 bits per heavy atom. The van der Waals surface area contributed by atoms with Crippen LogP contribution in [-0.2, 0) is 0 Å². The molecule has 1 atom stereocenters. The van der Waals surface area contributed by atoms with E-state index in [1.807, 2.05) is 0 Å². The highest BCUT2D eigenvalue weighted by molar-refractivity contribution is 5.05. The molecule has 0 amide bonds. The summed E-state index contributed by atoms with van der Waals surface area (Å²) in [5.41, 5.74) is 0. The molecule has 1 rings (SSSR count). The smallest absolute Gasteiger partial charge is 0.0481 e. The van der Waals surface area contributed by atoms with Gasteiger partial charge in [0.25, 0.3) is 0 Å². The van der Waals surface area contributed by atoms with Gasteiger partial charge >= 0.3 is 0 Å². The molecule has 0 radical (unpaired) electrons. The molecule has 1 aliphatic heterocycles. The molecule has 0 fully saturated rings. The molecule has 0 aromatic heterocycles. The first kappa shape index (κ1) is 5.67. The van der Waals surface area contributed by atoms with E-state index < -0.39 is 0 Å². The van der Waals surface area contributed by atoms with Gasteiger partial charge in [0.2, 0.25) is 0 Å². The zero-order valence-corrected chi connectivity index (χ0v) is 5.59. The van der Waals surface area contributed by atoms with E-state index in [1.54, 1.807) is 0 Å². The fourth-order valence-electron chi connectivity index (χ4n) is 1.04. The lowest BCUT2D eigenvalue weighted by molar-refractivity contribution is 0.284. The first-order valence-electron chi connectivity index (χ1n) is 3.32. The summed E-state index contributed by atoms with van der Waals surface area (Å²) < 4.78 is 0. The van der Waals surface area contributed by atoms with Crippen molar-refractivity contribution in [2.45, 2.75) is 26.3 Å². The second kappa shape index (κ2) is 2.21. The maximum Gasteiger partial charge on any atom is 0.0481 e. The van der Waals surface area contributed by atoms with Crippen LogP contribution < -0.4 is 0 Å². The number of nitrogens with zero attached hydrogens (tertiary/aromatic N) is 1. The molecule has 0 spiro atoms. The summed E-state index contributed by atoms with van der Waals surface area (Å²) in [6.07, 6.45) is 5.67. The highest BCUT2D eigenvalue weighted by atomic mass is 15.2. The maximum atomic E-state index is 2.35. The highest BCUT2D eigenvalue weighted by Gasteiger charge is 2.14. The van der Waals surface area contributed by atoms with Crippen LogP contribution in [0.1, 0.15) is 20.3 Å². The van der Waals surface area contributed by atoms with E-state index in [-0.39, 0.29) is 0 Å². The van der Waals surface area contributed by atoms with Gasteiger partial charge in [-0.25, -0.2) is 0 Å². The minimum atomic E-state index is 0.750. The number of hydrogen-bond donors (Lipinski definition) is 0. The van der Waals surface area contributed by atoms with Crippen molar-refractivity contribution in [1.29, 1.82) is 0 Å². The van der Waals surface area contributed by atoms with Gasteiger partial charge in [0.05, 0.1) is 0 Å². The number of likely N-dealkylation sites (N-methyl/N-ethyl adjacent to an activating group) is 1. The summed E-state index contributed by atoms with van der Waals surface area (Å²) in [6.45, 7) is 5.57. The van der Waals surface area contributed by atoms with Crippen molar-refractivity contribution >= 4 is 0 Å². The van der Waals surface area contributed by atoms with Gasteiger partial charge in [-0.15, -0.1) is 0 Å². The van der Waals surface area contributed by atoms with Crippen molar-refractivity contribution < 1.29 is 0 Å². The molecule has 0 bridgehead atoms. The Morgan fingerprint density at radius 2 is 2.25 bits per heavy atom. The second-order valence-corrected chi connectivity index (χ2v) is 2.15. The first-order chi connectivity index (χ1) is 3.88. The molecule has 1 aliphatic rings. The summed E-state index contributed by atoms with van der Waals surface area (Å²) in [6, 6.07) is 0.750. The summed E-state index contributed by atoms with van der Waals surface area (Å²) in [5.74, 6) is 0. The first-order valence-corrected chi connectivity index (χ1v) is 3.32. The van der Waals surface area contributed by atoms with Crippen molar-refractivity contribution in [2.24, 2.45) is 0 Å². The monoisotopic (exact) mass is 111 g/mol. The third kappa shape index (κ3) is 0.726. The molecule has 0 saturated carbocycles. The van der Waals surface area contributed by atoms with Gasteiger partial charge in [-0.3, -0.25) is 0 Å². The SMILES string of the molecule is CCC1C=CN1CC. The standard InChI is InChI=1S/C7H13N/c1-3-7-5-6-8(7)4-2/h5-7H,3-4H2,1-2H3. The van der Waals surface area contributed by atoms with E-state index in [2.05, 4.69) is 31.0 Å². The topological polar surface area (TPSA) is 3.24 Å². The van der Waals surface area contributed by atoms with Gasteiger partial charge in [-0.1, -0.05) is 6.92 Å². The summed E-state index contributed by atoms with van der Waals surface area (Å²) in [7, 11) is 0. The molecule has 0 aliphatic carbocycles. The largest absolute Gasteiger partial charge is 0.371 e. The van der Waals surface area contributed by atoms with Gasteiger partial charge in [0, 0.05) is 12.6 Å². The highest BCUT2D eigenvalue weighted by Crippen LogP contribution is 2.14. The van der Waals surface area contributed by atoms with E-state index in [9.17, 15) is 0 Å². The van der Waals surface area contributed by atoms with Crippen LogP contribution in [0.2, 0.25) is 0 Å². The normalized spacial score (nSPS) is 25.8. The number of hydrogen-bond acceptors (Lipinski definition) is 1. The fourth-order valence-corrected chi connectivity index (χ4v) is 1.04. The predicted octanol–water partition coefficient (Wildman–Crippen LogP) is 1.61. The molecule has 1 unspecified atom stereocenters. The molecular weight excluding hydrogens is 98.1 g/mol. The Morgan fingerprint density at radius 1 is 1.50 bits per heavy atom. The molecular formula is C7H13N.